The number of hydrogen-bond donors (Lipinski definition) is 1. The summed E-state index contributed by atoms with van der Waals surface area (Å²) >= 11 is 0. The molecule has 3 nitrogen and oxygen atoms in total. The summed E-state index contributed by atoms with van der Waals surface area (Å²) in [6, 6.07) is 77.1. The molecule has 0 aliphatic rings. The van der Waals surface area contributed by atoms with Crippen molar-refractivity contribution in [3.8, 4) is 33.6 Å². The van der Waals surface area contributed by atoms with E-state index in [1.807, 2.05) is 18.2 Å². The number of aryl methyl sites for hydroxylation is 3. The molecular formula is C65H47N3. The van der Waals surface area contributed by atoms with E-state index in [4.69, 9.17) is 0 Å². The van der Waals surface area contributed by atoms with Gasteiger partial charge in [-0.15, -0.1) is 0 Å². The van der Waals surface area contributed by atoms with Crippen LogP contribution in [0.5, 0.6) is 0 Å². The lowest BCUT2D eigenvalue weighted by molar-refractivity contribution is 1.13. The molecule has 0 spiro atoms. The van der Waals surface area contributed by atoms with E-state index in [-0.39, 0.29) is 0 Å². The number of rotatable bonds is 4. The van der Waals surface area contributed by atoms with Crippen molar-refractivity contribution in [3.63, 3.8) is 0 Å². The zero-order chi connectivity index (χ0) is 45.5. The van der Waals surface area contributed by atoms with E-state index in [2.05, 4.69) is 241 Å². The van der Waals surface area contributed by atoms with Gasteiger partial charge in [0.05, 0.1) is 16.6 Å². The summed E-state index contributed by atoms with van der Waals surface area (Å²) in [6.07, 6.45) is 4.49. The van der Waals surface area contributed by atoms with Gasteiger partial charge in [-0.2, -0.15) is 0 Å². The summed E-state index contributed by atoms with van der Waals surface area (Å²) in [7, 11) is 0. The molecule has 0 amide bonds. The third-order valence-electron chi connectivity index (χ3n) is 14.4. The Hall–Kier alpha value is -8.66. The molecule has 0 saturated carbocycles. The third kappa shape index (κ3) is 6.20. The molecule has 68 heavy (non-hydrogen) atoms. The first-order chi connectivity index (χ1) is 33.5. The van der Waals surface area contributed by atoms with Gasteiger partial charge < -0.3 is 14.1 Å². The summed E-state index contributed by atoms with van der Waals surface area (Å²) in [4.78, 5) is 3.82. The highest BCUT2D eigenvalue weighted by atomic mass is 15.0. The van der Waals surface area contributed by atoms with Crippen molar-refractivity contribution >= 4 is 86.7 Å². The number of hydrogen-bond acceptors (Lipinski definition) is 0. The maximum absolute atomic E-state index is 3.82. The Morgan fingerprint density at radius 3 is 1.47 bits per heavy atom. The Kier molecular flexibility index (Phi) is 9.19. The van der Waals surface area contributed by atoms with E-state index in [1.165, 1.54) is 126 Å². The zero-order valence-corrected chi connectivity index (χ0v) is 38.3. The molecule has 11 aromatic carbocycles. The van der Waals surface area contributed by atoms with Crippen molar-refractivity contribution in [1.82, 2.24) is 14.1 Å². The first-order valence-corrected chi connectivity index (χ1v) is 23.6. The predicted molar refractivity (Wildman–Crippen MR) is 291 cm³/mol. The van der Waals surface area contributed by atoms with E-state index in [1.54, 1.807) is 0 Å². The predicted octanol–water partition coefficient (Wildman–Crippen LogP) is 17.8. The molecule has 0 bridgehead atoms. The molecule has 3 aromatic heterocycles. The molecule has 0 saturated heterocycles. The number of fused-ring (bicyclic) bond motifs is 14. The summed E-state index contributed by atoms with van der Waals surface area (Å²) in [5, 5.41) is 15.3. The molecule has 322 valence electrons. The normalized spacial score (nSPS) is 11.8. The van der Waals surface area contributed by atoms with Crippen LogP contribution in [0.4, 0.5) is 0 Å². The van der Waals surface area contributed by atoms with Crippen molar-refractivity contribution in [2.24, 2.45) is 0 Å². The van der Waals surface area contributed by atoms with Crippen LogP contribution in [0.1, 0.15) is 16.7 Å². The molecule has 14 rings (SSSR count). The van der Waals surface area contributed by atoms with Gasteiger partial charge in [0.25, 0.3) is 0 Å². The first kappa shape index (κ1) is 39.7. The Labute approximate surface area is 394 Å². The second-order valence-electron chi connectivity index (χ2n) is 18.3. The lowest BCUT2D eigenvalue weighted by Crippen LogP contribution is -1.96. The summed E-state index contributed by atoms with van der Waals surface area (Å²) < 4.78 is 4.74. The van der Waals surface area contributed by atoms with Crippen LogP contribution in [0.25, 0.3) is 120 Å². The SMILES string of the molecule is Cc1c(-c2c(C)c3ccccc3c3c2ccn3-c2ccc(-c3ccc(-n4ccc5c6c([nH]c7ccc8ccccc8c76)c6ccccc6c54)cc3)cc2)ccc2ccccc12.Cc1ccccc1. The minimum atomic E-state index is 1.14. The van der Waals surface area contributed by atoms with Gasteiger partial charge in [-0.3, -0.25) is 0 Å². The Bertz CT molecular complexity index is 4260. The summed E-state index contributed by atoms with van der Waals surface area (Å²) in [6.45, 7) is 6.64. The van der Waals surface area contributed by atoms with Crippen LogP contribution >= 0.6 is 0 Å². The number of H-pyrrole nitrogens is 1. The highest BCUT2D eigenvalue weighted by Gasteiger charge is 2.21. The van der Waals surface area contributed by atoms with E-state index >= 15 is 0 Å². The number of nitrogens with zero attached hydrogens (tertiary/aromatic N) is 2. The van der Waals surface area contributed by atoms with Crippen LogP contribution in [0.15, 0.2) is 225 Å². The Morgan fingerprint density at radius 2 is 0.838 bits per heavy atom. The molecule has 0 aliphatic heterocycles. The quantitative estimate of drug-likeness (QED) is 0.182. The van der Waals surface area contributed by atoms with Crippen LogP contribution in [0.3, 0.4) is 0 Å². The molecule has 0 radical (unpaired) electrons. The van der Waals surface area contributed by atoms with Crippen LogP contribution in [0, 0.1) is 20.8 Å². The zero-order valence-electron chi connectivity index (χ0n) is 38.3. The minimum absolute atomic E-state index is 1.14. The van der Waals surface area contributed by atoms with Gasteiger partial charge in [0.1, 0.15) is 0 Å². The number of aromatic amines is 1. The fourth-order valence-electron chi connectivity index (χ4n) is 11.2. The molecule has 1 N–H and O–H groups in total. The third-order valence-corrected chi connectivity index (χ3v) is 14.4. The average molecular weight is 870 g/mol. The first-order valence-electron chi connectivity index (χ1n) is 23.6. The van der Waals surface area contributed by atoms with Crippen molar-refractivity contribution in [3.05, 3.63) is 241 Å². The van der Waals surface area contributed by atoms with Crippen LogP contribution < -0.4 is 0 Å². The molecular weight excluding hydrogens is 823 g/mol. The standard InChI is InChI=1S/C58H39N3.C7H8/c1-35-43-13-5-3-11-39(43)23-29-45(35)53-36(2)44-14-7-9-17-48(44)57-50(53)31-33-60(57)41-25-19-37(20-26-41)38-21-27-42(28-22-38)61-34-32-51-55-54-46-15-6-4-12-40(46)24-30-52(54)59-56(55)47-16-8-10-18-49(47)58(51)61;1-7-5-3-2-4-6-7/h3-34,59H,1-2H3;2-6H,1H3. The lowest BCUT2D eigenvalue weighted by Gasteiger charge is -2.18. The smallest absolute Gasteiger partial charge is 0.0614 e. The van der Waals surface area contributed by atoms with Gasteiger partial charge in [0.15, 0.2) is 0 Å². The van der Waals surface area contributed by atoms with Crippen molar-refractivity contribution in [2.45, 2.75) is 20.8 Å². The highest BCUT2D eigenvalue weighted by molar-refractivity contribution is 6.34. The van der Waals surface area contributed by atoms with E-state index in [9.17, 15) is 0 Å². The molecule has 0 unspecified atom stereocenters. The lowest BCUT2D eigenvalue weighted by atomic mass is 9.88. The van der Waals surface area contributed by atoms with E-state index < -0.39 is 0 Å². The van der Waals surface area contributed by atoms with E-state index in [0.717, 1.165) is 11.4 Å². The topological polar surface area (TPSA) is 25.6 Å². The van der Waals surface area contributed by atoms with Gasteiger partial charge in [-0.25, -0.2) is 0 Å². The maximum Gasteiger partial charge on any atom is 0.0614 e. The summed E-state index contributed by atoms with van der Waals surface area (Å²) in [5.41, 5.74) is 16.1. The molecule has 14 aromatic rings. The fraction of sp³-hybridized carbons (Fsp3) is 0.0462. The highest BCUT2D eigenvalue weighted by Crippen LogP contribution is 2.44. The van der Waals surface area contributed by atoms with Gasteiger partial charge in [0, 0.05) is 67.0 Å². The van der Waals surface area contributed by atoms with Crippen molar-refractivity contribution in [1.29, 1.82) is 0 Å². The summed E-state index contributed by atoms with van der Waals surface area (Å²) in [5.74, 6) is 0. The second kappa shape index (κ2) is 15.8. The average Bonchev–Trinajstić information content (AvgIpc) is 4.15. The number of nitrogens with one attached hydrogen (secondary N) is 1. The van der Waals surface area contributed by atoms with Gasteiger partial charge in [0.2, 0.25) is 0 Å². The number of benzene rings is 11. The monoisotopic (exact) mass is 869 g/mol. The van der Waals surface area contributed by atoms with E-state index in [0.29, 0.717) is 0 Å². The van der Waals surface area contributed by atoms with Crippen LogP contribution in [-0.2, 0) is 0 Å². The molecule has 3 heterocycles. The number of aromatic nitrogens is 3. The molecule has 0 fully saturated rings. The van der Waals surface area contributed by atoms with Gasteiger partial charge >= 0.3 is 0 Å². The van der Waals surface area contributed by atoms with Gasteiger partial charge in [-0.05, 0) is 124 Å². The van der Waals surface area contributed by atoms with Gasteiger partial charge in [-0.1, -0.05) is 175 Å². The Balaban J connectivity index is 0.000000602. The van der Waals surface area contributed by atoms with Crippen molar-refractivity contribution < 1.29 is 0 Å². The van der Waals surface area contributed by atoms with Crippen LogP contribution in [0.2, 0.25) is 0 Å². The van der Waals surface area contributed by atoms with Crippen LogP contribution in [-0.4, -0.2) is 14.1 Å². The largest absolute Gasteiger partial charge is 0.354 e. The fourth-order valence-corrected chi connectivity index (χ4v) is 11.2. The second-order valence-corrected chi connectivity index (χ2v) is 18.3. The maximum atomic E-state index is 3.82. The molecule has 0 aliphatic carbocycles. The molecule has 0 atom stereocenters. The Morgan fingerprint density at radius 1 is 0.338 bits per heavy atom. The minimum Gasteiger partial charge on any atom is -0.354 e. The van der Waals surface area contributed by atoms with Crippen molar-refractivity contribution in [2.75, 3.05) is 0 Å². The molecule has 3 heteroatoms.